The van der Waals surface area contributed by atoms with Crippen molar-refractivity contribution in [2.45, 2.75) is 13.8 Å². The normalized spacial score (nSPS) is 11.2. The molecule has 0 aliphatic carbocycles. The molecule has 0 bridgehead atoms. The van der Waals surface area contributed by atoms with Crippen LogP contribution in [0, 0.1) is 17.0 Å². The van der Waals surface area contributed by atoms with Gasteiger partial charge in [0.25, 0.3) is 5.69 Å². The van der Waals surface area contributed by atoms with Crippen LogP contribution >= 0.6 is 0 Å². The van der Waals surface area contributed by atoms with Crippen LogP contribution in [0.2, 0.25) is 0 Å². The lowest BCUT2D eigenvalue weighted by Crippen LogP contribution is -2.03. The van der Waals surface area contributed by atoms with Gasteiger partial charge in [-0.2, -0.15) is 5.10 Å². The van der Waals surface area contributed by atoms with Crippen LogP contribution < -0.4 is 5.43 Å². The molecule has 7 heteroatoms. The zero-order chi connectivity index (χ0) is 18.5. The molecule has 0 spiro atoms. The molecule has 0 saturated heterocycles. The van der Waals surface area contributed by atoms with E-state index in [0.717, 1.165) is 16.8 Å². The highest BCUT2D eigenvalue weighted by molar-refractivity contribution is 5.99. The Morgan fingerprint density at radius 3 is 2.42 bits per heavy atom. The number of nitro benzene ring substituents is 1. The molecule has 0 atom stereocenters. The highest BCUT2D eigenvalue weighted by atomic mass is 16.6. The molecule has 2 aromatic carbocycles. The first-order chi connectivity index (χ1) is 12.5. The first kappa shape index (κ1) is 17.2. The van der Waals surface area contributed by atoms with E-state index in [1.54, 1.807) is 12.1 Å². The maximum Gasteiger partial charge on any atom is 0.269 e. The molecular formula is C19H17N5O2. The van der Waals surface area contributed by atoms with Crippen LogP contribution in [0.5, 0.6) is 0 Å². The van der Waals surface area contributed by atoms with Gasteiger partial charge in [0.05, 0.1) is 16.3 Å². The second-order valence-corrected chi connectivity index (χ2v) is 5.66. The number of rotatable bonds is 5. The molecule has 0 radical (unpaired) electrons. The van der Waals surface area contributed by atoms with Gasteiger partial charge in [-0.3, -0.25) is 15.5 Å². The number of anilines is 1. The SMILES string of the molecule is C/C(=N/Nc1cc(-c2ccccc2)nc(C)n1)c1ccc([N+](=O)[O-])cc1. The van der Waals surface area contributed by atoms with Crippen LogP contribution in [-0.4, -0.2) is 20.6 Å². The monoisotopic (exact) mass is 347 g/mol. The number of hydrazone groups is 1. The summed E-state index contributed by atoms with van der Waals surface area (Å²) in [5.74, 6) is 1.22. The first-order valence-electron chi connectivity index (χ1n) is 7.99. The molecule has 0 amide bonds. The predicted molar refractivity (Wildman–Crippen MR) is 101 cm³/mol. The molecule has 0 aliphatic heterocycles. The summed E-state index contributed by atoms with van der Waals surface area (Å²) in [6.45, 7) is 3.64. The number of hydrogen-bond acceptors (Lipinski definition) is 6. The maximum atomic E-state index is 10.7. The van der Waals surface area contributed by atoms with E-state index >= 15 is 0 Å². The number of nitrogens with one attached hydrogen (secondary N) is 1. The van der Waals surface area contributed by atoms with Crippen molar-refractivity contribution >= 4 is 17.2 Å². The second-order valence-electron chi connectivity index (χ2n) is 5.66. The first-order valence-corrected chi connectivity index (χ1v) is 7.99. The highest BCUT2D eigenvalue weighted by Gasteiger charge is 2.06. The number of benzene rings is 2. The number of nitrogens with zero attached hydrogens (tertiary/aromatic N) is 4. The Balaban J connectivity index is 1.81. The standard InChI is InChI=1S/C19H17N5O2/c1-13(15-8-10-17(11-9-15)24(25)26)22-23-19-12-18(20-14(2)21-19)16-6-4-3-5-7-16/h3-12H,1-2H3,(H,20,21,23)/b22-13-. The third kappa shape index (κ3) is 4.07. The summed E-state index contributed by atoms with van der Waals surface area (Å²) in [7, 11) is 0. The lowest BCUT2D eigenvalue weighted by molar-refractivity contribution is -0.384. The van der Waals surface area contributed by atoms with Crippen molar-refractivity contribution in [2.75, 3.05) is 5.43 Å². The topological polar surface area (TPSA) is 93.3 Å². The minimum Gasteiger partial charge on any atom is -0.261 e. The Kier molecular flexibility index (Phi) is 4.98. The molecule has 0 fully saturated rings. The molecule has 26 heavy (non-hydrogen) atoms. The van der Waals surface area contributed by atoms with E-state index in [1.165, 1.54) is 12.1 Å². The molecule has 130 valence electrons. The molecule has 3 aromatic rings. The van der Waals surface area contributed by atoms with Gasteiger partial charge in [0, 0.05) is 23.8 Å². The fourth-order valence-electron chi connectivity index (χ4n) is 2.41. The Morgan fingerprint density at radius 2 is 1.77 bits per heavy atom. The second kappa shape index (κ2) is 7.52. The number of non-ortho nitro benzene ring substituents is 1. The summed E-state index contributed by atoms with van der Waals surface area (Å²) in [5.41, 5.74) is 6.27. The van der Waals surface area contributed by atoms with Gasteiger partial charge in [0.2, 0.25) is 0 Å². The van der Waals surface area contributed by atoms with Gasteiger partial charge < -0.3 is 0 Å². The van der Waals surface area contributed by atoms with Crippen molar-refractivity contribution in [3.8, 4) is 11.3 Å². The van der Waals surface area contributed by atoms with Crippen molar-refractivity contribution in [2.24, 2.45) is 5.10 Å². The van der Waals surface area contributed by atoms with E-state index in [9.17, 15) is 10.1 Å². The fourth-order valence-corrected chi connectivity index (χ4v) is 2.41. The van der Waals surface area contributed by atoms with Gasteiger partial charge in [-0.1, -0.05) is 30.3 Å². The Labute approximate surface area is 150 Å². The van der Waals surface area contributed by atoms with Gasteiger partial charge in [-0.15, -0.1) is 0 Å². The summed E-state index contributed by atoms with van der Waals surface area (Å²) >= 11 is 0. The minimum absolute atomic E-state index is 0.0495. The Hall–Kier alpha value is -3.61. The molecule has 1 aromatic heterocycles. The van der Waals surface area contributed by atoms with Gasteiger partial charge in [-0.05, 0) is 31.5 Å². The van der Waals surface area contributed by atoms with Crippen LogP contribution in [0.25, 0.3) is 11.3 Å². The van der Waals surface area contributed by atoms with E-state index in [2.05, 4.69) is 20.5 Å². The van der Waals surface area contributed by atoms with Crippen molar-refractivity contribution in [1.82, 2.24) is 9.97 Å². The zero-order valence-corrected chi connectivity index (χ0v) is 14.4. The number of hydrogen-bond donors (Lipinski definition) is 1. The van der Waals surface area contributed by atoms with Gasteiger partial charge in [0.1, 0.15) is 11.6 Å². The van der Waals surface area contributed by atoms with Crippen molar-refractivity contribution in [3.63, 3.8) is 0 Å². The molecule has 3 rings (SSSR count). The summed E-state index contributed by atoms with van der Waals surface area (Å²) in [5, 5.41) is 15.0. The van der Waals surface area contributed by atoms with E-state index in [1.807, 2.05) is 50.2 Å². The van der Waals surface area contributed by atoms with Gasteiger partial charge in [-0.25, -0.2) is 9.97 Å². The Morgan fingerprint density at radius 1 is 1.08 bits per heavy atom. The van der Waals surface area contributed by atoms with Gasteiger partial charge >= 0.3 is 0 Å². The van der Waals surface area contributed by atoms with Crippen molar-refractivity contribution in [3.05, 3.63) is 82.2 Å². The summed E-state index contributed by atoms with van der Waals surface area (Å²) in [4.78, 5) is 19.1. The quantitative estimate of drug-likeness (QED) is 0.424. The summed E-state index contributed by atoms with van der Waals surface area (Å²) in [6.07, 6.45) is 0. The largest absolute Gasteiger partial charge is 0.269 e. The lowest BCUT2D eigenvalue weighted by Gasteiger charge is -2.07. The van der Waals surface area contributed by atoms with Crippen molar-refractivity contribution < 1.29 is 4.92 Å². The molecule has 1 heterocycles. The minimum atomic E-state index is -0.427. The highest BCUT2D eigenvalue weighted by Crippen LogP contribution is 2.19. The third-order valence-corrected chi connectivity index (χ3v) is 3.74. The van der Waals surface area contributed by atoms with Crippen LogP contribution in [0.4, 0.5) is 11.5 Å². The zero-order valence-electron chi connectivity index (χ0n) is 14.4. The van der Waals surface area contributed by atoms with E-state index in [0.29, 0.717) is 17.4 Å². The average molecular weight is 347 g/mol. The lowest BCUT2D eigenvalue weighted by atomic mass is 10.1. The van der Waals surface area contributed by atoms with E-state index in [4.69, 9.17) is 0 Å². The number of aryl methyl sites for hydroxylation is 1. The van der Waals surface area contributed by atoms with E-state index < -0.39 is 4.92 Å². The number of aromatic nitrogens is 2. The van der Waals surface area contributed by atoms with Crippen LogP contribution in [0.3, 0.4) is 0 Å². The van der Waals surface area contributed by atoms with Crippen molar-refractivity contribution in [1.29, 1.82) is 0 Å². The van der Waals surface area contributed by atoms with E-state index in [-0.39, 0.29) is 5.69 Å². The molecule has 0 aliphatic rings. The average Bonchev–Trinajstić information content (AvgIpc) is 2.66. The molecule has 0 unspecified atom stereocenters. The molecule has 1 N–H and O–H groups in total. The van der Waals surface area contributed by atoms with Gasteiger partial charge in [0.15, 0.2) is 0 Å². The molecule has 0 saturated carbocycles. The van der Waals surface area contributed by atoms with Crippen LogP contribution in [-0.2, 0) is 0 Å². The summed E-state index contributed by atoms with van der Waals surface area (Å²) in [6, 6.07) is 17.9. The predicted octanol–water partition coefficient (Wildman–Crippen LogP) is 4.20. The third-order valence-electron chi connectivity index (χ3n) is 3.74. The van der Waals surface area contributed by atoms with Crippen LogP contribution in [0.1, 0.15) is 18.3 Å². The number of nitro groups is 1. The Bertz CT molecular complexity index is 953. The summed E-state index contributed by atoms with van der Waals surface area (Å²) < 4.78 is 0. The fraction of sp³-hybridized carbons (Fsp3) is 0.105. The maximum absolute atomic E-state index is 10.7. The molecular weight excluding hydrogens is 330 g/mol. The molecule has 7 nitrogen and oxygen atoms in total. The smallest absolute Gasteiger partial charge is 0.261 e. The van der Waals surface area contributed by atoms with Crippen LogP contribution in [0.15, 0.2) is 65.8 Å².